The van der Waals surface area contributed by atoms with Gasteiger partial charge in [0, 0.05) is 6.42 Å². The van der Waals surface area contributed by atoms with Crippen LogP contribution >= 0.6 is 0 Å². The summed E-state index contributed by atoms with van der Waals surface area (Å²) < 4.78 is 34.8. The molecule has 3 atom stereocenters. The van der Waals surface area contributed by atoms with Gasteiger partial charge in [0.1, 0.15) is 0 Å². The van der Waals surface area contributed by atoms with Crippen LogP contribution in [0.15, 0.2) is 0 Å². The van der Waals surface area contributed by atoms with Crippen molar-refractivity contribution in [2.24, 2.45) is 11.7 Å². The van der Waals surface area contributed by atoms with Crippen LogP contribution < -0.4 is 5.73 Å². The number of rotatable bonds is 4. The Morgan fingerprint density at radius 3 is 2.89 bits per heavy atom. The second kappa shape index (κ2) is 5.45. The molecular weight excluding hydrogens is 254 g/mol. The van der Waals surface area contributed by atoms with E-state index in [0.717, 1.165) is 19.3 Å². The van der Waals surface area contributed by atoms with Crippen molar-refractivity contribution < 1.29 is 17.9 Å². The molecule has 0 amide bonds. The molecule has 18 heavy (non-hydrogen) atoms. The van der Waals surface area contributed by atoms with Crippen LogP contribution in [0.2, 0.25) is 0 Å². The minimum Gasteiger partial charge on any atom is -0.348 e. The van der Waals surface area contributed by atoms with E-state index in [1.807, 2.05) is 6.92 Å². The van der Waals surface area contributed by atoms with Gasteiger partial charge in [0.2, 0.25) is 0 Å². The normalized spacial score (nSPS) is 39.9. The molecule has 5 nitrogen and oxygen atoms in total. The van der Waals surface area contributed by atoms with Crippen LogP contribution in [0.4, 0.5) is 0 Å². The predicted octanol–water partition coefficient (Wildman–Crippen LogP) is 0.682. The minimum atomic E-state index is -2.86. The third-order valence-corrected chi connectivity index (χ3v) is 5.59. The van der Waals surface area contributed by atoms with Crippen molar-refractivity contribution in [1.29, 1.82) is 0 Å². The molecule has 0 spiro atoms. The van der Waals surface area contributed by atoms with E-state index in [1.54, 1.807) is 0 Å². The molecule has 3 unspecified atom stereocenters. The summed E-state index contributed by atoms with van der Waals surface area (Å²) in [6.07, 6.45) is 3.21. The van der Waals surface area contributed by atoms with E-state index in [0.29, 0.717) is 25.3 Å². The van der Waals surface area contributed by atoms with Gasteiger partial charge in [-0.25, -0.2) is 8.42 Å². The Hall–Kier alpha value is -0.170. The molecule has 2 rings (SSSR count). The van der Waals surface area contributed by atoms with Crippen LogP contribution in [-0.4, -0.2) is 45.0 Å². The Morgan fingerprint density at radius 1 is 1.44 bits per heavy atom. The van der Waals surface area contributed by atoms with Crippen molar-refractivity contribution >= 4 is 9.84 Å². The molecule has 2 aliphatic rings. The summed E-state index contributed by atoms with van der Waals surface area (Å²) in [4.78, 5) is 0. The molecule has 2 N–H and O–H groups in total. The SMILES string of the molecule is CC1(CC2CCCS(=O)(=O)C2)OCC(CCN)O1. The van der Waals surface area contributed by atoms with E-state index < -0.39 is 15.6 Å². The van der Waals surface area contributed by atoms with Crippen LogP contribution in [0.3, 0.4) is 0 Å². The molecule has 0 bridgehead atoms. The van der Waals surface area contributed by atoms with Crippen molar-refractivity contribution in [3.63, 3.8) is 0 Å². The molecule has 0 aromatic carbocycles. The van der Waals surface area contributed by atoms with Gasteiger partial charge in [0.05, 0.1) is 24.2 Å². The summed E-state index contributed by atoms with van der Waals surface area (Å²) in [6.45, 7) is 3.06. The third kappa shape index (κ3) is 3.66. The lowest BCUT2D eigenvalue weighted by Gasteiger charge is -2.30. The maximum absolute atomic E-state index is 11.6. The van der Waals surface area contributed by atoms with Crippen LogP contribution in [0.25, 0.3) is 0 Å². The highest BCUT2D eigenvalue weighted by Gasteiger charge is 2.40. The molecule has 0 aromatic rings. The molecule has 0 radical (unpaired) electrons. The van der Waals surface area contributed by atoms with Crippen LogP contribution in [0, 0.1) is 5.92 Å². The lowest BCUT2D eigenvalue weighted by atomic mass is 9.97. The molecule has 106 valence electrons. The molecule has 2 heterocycles. The Labute approximate surface area is 109 Å². The molecule has 0 saturated carbocycles. The lowest BCUT2D eigenvalue weighted by molar-refractivity contribution is -0.165. The number of hydrogen-bond acceptors (Lipinski definition) is 5. The number of ether oxygens (including phenoxy) is 2. The van der Waals surface area contributed by atoms with Crippen LogP contribution in [0.5, 0.6) is 0 Å². The maximum atomic E-state index is 11.6. The first kappa shape index (κ1) is 14.2. The molecule has 6 heteroatoms. The van der Waals surface area contributed by atoms with Gasteiger partial charge in [0.15, 0.2) is 15.6 Å². The van der Waals surface area contributed by atoms with E-state index in [9.17, 15) is 8.42 Å². The monoisotopic (exact) mass is 277 g/mol. The van der Waals surface area contributed by atoms with E-state index in [2.05, 4.69) is 0 Å². The standard InChI is InChI=1S/C12H23NO4S/c1-12(16-8-11(17-12)4-5-13)7-10-3-2-6-18(14,15)9-10/h10-11H,2-9,13H2,1H3. The predicted molar refractivity (Wildman–Crippen MR) is 68.9 cm³/mol. The number of nitrogens with two attached hydrogens (primary N) is 1. The summed E-state index contributed by atoms with van der Waals surface area (Å²) in [6, 6.07) is 0. The van der Waals surface area contributed by atoms with Gasteiger partial charge >= 0.3 is 0 Å². The summed E-state index contributed by atoms with van der Waals surface area (Å²) in [5, 5.41) is 0. The minimum absolute atomic E-state index is 0.0557. The highest BCUT2D eigenvalue weighted by molar-refractivity contribution is 7.91. The zero-order valence-corrected chi connectivity index (χ0v) is 11.7. The first-order valence-corrected chi connectivity index (χ1v) is 8.47. The highest BCUT2D eigenvalue weighted by Crippen LogP contribution is 2.34. The fourth-order valence-corrected chi connectivity index (χ4v) is 4.70. The average molecular weight is 277 g/mol. The fraction of sp³-hybridized carbons (Fsp3) is 1.00. The Balaban J connectivity index is 1.89. The Morgan fingerprint density at radius 2 is 2.22 bits per heavy atom. The molecule has 0 aromatic heterocycles. The van der Waals surface area contributed by atoms with Crippen LogP contribution in [0.1, 0.15) is 32.6 Å². The zero-order valence-electron chi connectivity index (χ0n) is 10.9. The van der Waals surface area contributed by atoms with Crippen LogP contribution in [-0.2, 0) is 19.3 Å². The van der Waals surface area contributed by atoms with Gasteiger partial charge in [-0.15, -0.1) is 0 Å². The summed E-state index contributed by atoms with van der Waals surface area (Å²) in [5.74, 6) is 0.136. The van der Waals surface area contributed by atoms with Crippen molar-refractivity contribution in [3.05, 3.63) is 0 Å². The first-order chi connectivity index (χ1) is 8.42. The van der Waals surface area contributed by atoms with E-state index in [4.69, 9.17) is 15.2 Å². The van der Waals surface area contributed by atoms with Gasteiger partial charge in [0.25, 0.3) is 0 Å². The van der Waals surface area contributed by atoms with Gasteiger partial charge in [-0.2, -0.15) is 0 Å². The molecular formula is C12H23NO4S. The molecule has 2 fully saturated rings. The first-order valence-electron chi connectivity index (χ1n) is 6.65. The summed E-state index contributed by atoms with van der Waals surface area (Å²) >= 11 is 0. The average Bonchev–Trinajstić information content (AvgIpc) is 2.59. The van der Waals surface area contributed by atoms with Gasteiger partial charge < -0.3 is 15.2 Å². The maximum Gasteiger partial charge on any atom is 0.166 e. The van der Waals surface area contributed by atoms with E-state index >= 15 is 0 Å². The third-order valence-electron chi connectivity index (χ3n) is 3.70. The largest absolute Gasteiger partial charge is 0.348 e. The van der Waals surface area contributed by atoms with Crippen molar-refractivity contribution in [1.82, 2.24) is 0 Å². The van der Waals surface area contributed by atoms with Gasteiger partial charge in [-0.1, -0.05) is 0 Å². The smallest absolute Gasteiger partial charge is 0.166 e. The van der Waals surface area contributed by atoms with Gasteiger partial charge in [-0.05, 0) is 38.6 Å². The zero-order chi connectivity index (χ0) is 13.2. The van der Waals surface area contributed by atoms with Crippen molar-refractivity contribution in [3.8, 4) is 0 Å². The summed E-state index contributed by atoms with van der Waals surface area (Å²) in [7, 11) is -2.86. The highest BCUT2D eigenvalue weighted by atomic mass is 32.2. The van der Waals surface area contributed by atoms with E-state index in [1.165, 1.54) is 0 Å². The molecule has 0 aliphatic carbocycles. The molecule has 2 saturated heterocycles. The Kier molecular flexibility index (Phi) is 4.31. The van der Waals surface area contributed by atoms with Crippen molar-refractivity contribution in [2.45, 2.75) is 44.5 Å². The number of hydrogen-bond donors (Lipinski definition) is 1. The number of sulfone groups is 1. The van der Waals surface area contributed by atoms with E-state index in [-0.39, 0.29) is 17.8 Å². The molecule has 2 aliphatic heterocycles. The Bertz CT molecular complexity index is 384. The lowest BCUT2D eigenvalue weighted by Crippen LogP contribution is -2.35. The second-order valence-corrected chi connectivity index (χ2v) is 7.82. The topological polar surface area (TPSA) is 78.6 Å². The van der Waals surface area contributed by atoms with Gasteiger partial charge in [-0.3, -0.25) is 0 Å². The summed E-state index contributed by atoms with van der Waals surface area (Å²) in [5.41, 5.74) is 5.50. The second-order valence-electron chi connectivity index (χ2n) is 5.59. The fourth-order valence-electron chi connectivity index (χ4n) is 2.93. The quantitative estimate of drug-likeness (QED) is 0.817. The van der Waals surface area contributed by atoms with Crippen molar-refractivity contribution in [2.75, 3.05) is 24.7 Å².